The summed E-state index contributed by atoms with van der Waals surface area (Å²) < 4.78 is 1.68. The van der Waals surface area contributed by atoms with E-state index in [1.807, 2.05) is 19.1 Å². The maximum absolute atomic E-state index is 13.0. The van der Waals surface area contributed by atoms with Crippen LogP contribution in [0.4, 0.5) is 0 Å². The first-order chi connectivity index (χ1) is 14.2. The molecule has 1 aliphatic rings. The predicted octanol–water partition coefficient (Wildman–Crippen LogP) is 3.93. The number of carbonyl (C=O) groups excluding carboxylic acids is 1. The van der Waals surface area contributed by atoms with Crippen LogP contribution >= 0.6 is 0 Å². The summed E-state index contributed by atoms with van der Waals surface area (Å²) in [7, 11) is 0. The molecule has 29 heavy (non-hydrogen) atoms. The first-order valence-electron chi connectivity index (χ1n) is 10.4. The van der Waals surface area contributed by atoms with Gasteiger partial charge in [-0.2, -0.15) is 0 Å². The molecule has 0 spiro atoms. The van der Waals surface area contributed by atoms with Crippen molar-refractivity contribution in [2.75, 3.05) is 0 Å². The van der Waals surface area contributed by atoms with Gasteiger partial charge < -0.3 is 5.32 Å². The van der Waals surface area contributed by atoms with Gasteiger partial charge in [0.15, 0.2) is 5.65 Å². The van der Waals surface area contributed by atoms with Crippen LogP contribution in [-0.4, -0.2) is 26.5 Å². The van der Waals surface area contributed by atoms with Crippen LogP contribution in [0.15, 0.2) is 47.4 Å². The van der Waals surface area contributed by atoms with Gasteiger partial charge in [0.2, 0.25) is 0 Å². The van der Waals surface area contributed by atoms with Crippen molar-refractivity contribution in [3.63, 3.8) is 0 Å². The first-order valence-corrected chi connectivity index (χ1v) is 10.4. The summed E-state index contributed by atoms with van der Waals surface area (Å²) in [6.07, 6.45) is 8.22. The normalized spacial score (nSPS) is 14.8. The molecule has 2 aromatic heterocycles. The lowest BCUT2D eigenvalue weighted by Gasteiger charge is -2.22. The van der Waals surface area contributed by atoms with Crippen molar-refractivity contribution >= 4 is 17.1 Å². The molecule has 2 heterocycles. The zero-order valence-electron chi connectivity index (χ0n) is 16.7. The fourth-order valence-electron chi connectivity index (χ4n) is 3.99. The van der Waals surface area contributed by atoms with E-state index in [1.165, 1.54) is 19.3 Å². The molecule has 1 saturated carbocycles. The van der Waals surface area contributed by atoms with E-state index in [2.05, 4.69) is 15.3 Å². The summed E-state index contributed by atoms with van der Waals surface area (Å²) >= 11 is 0. The molecule has 4 rings (SSSR count). The summed E-state index contributed by atoms with van der Waals surface area (Å²) in [5, 5.41) is 3.13. The molecular formula is C23H26N4O2. The van der Waals surface area contributed by atoms with E-state index in [1.54, 1.807) is 35.0 Å². The second-order valence-corrected chi connectivity index (χ2v) is 7.65. The molecule has 0 radical (unpaired) electrons. The highest BCUT2D eigenvalue weighted by atomic mass is 16.1. The van der Waals surface area contributed by atoms with Gasteiger partial charge >= 0.3 is 0 Å². The van der Waals surface area contributed by atoms with Crippen LogP contribution in [0, 0.1) is 0 Å². The number of hydrogen-bond donors (Lipinski definition) is 1. The van der Waals surface area contributed by atoms with Crippen LogP contribution in [0.3, 0.4) is 0 Å². The van der Waals surface area contributed by atoms with Gasteiger partial charge in [-0.3, -0.25) is 14.2 Å². The molecular weight excluding hydrogens is 364 g/mol. The molecule has 6 nitrogen and oxygen atoms in total. The van der Waals surface area contributed by atoms with Crippen molar-refractivity contribution in [3.8, 4) is 11.3 Å². The third-order valence-electron chi connectivity index (χ3n) is 5.51. The average Bonchev–Trinajstić information content (AvgIpc) is 2.76. The number of nitrogens with one attached hydrogen (secondary N) is 1. The third-order valence-corrected chi connectivity index (χ3v) is 5.51. The summed E-state index contributed by atoms with van der Waals surface area (Å²) in [5.74, 6) is -0.0532. The molecule has 0 bridgehead atoms. The number of nitrogens with zero attached hydrogens (tertiary/aromatic N) is 3. The van der Waals surface area contributed by atoms with Crippen molar-refractivity contribution in [1.82, 2.24) is 19.9 Å². The van der Waals surface area contributed by atoms with Crippen molar-refractivity contribution in [3.05, 3.63) is 58.5 Å². The molecule has 1 fully saturated rings. The Morgan fingerprint density at radius 2 is 1.90 bits per heavy atom. The van der Waals surface area contributed by atoms with Crippen molar-refractivity contribution < 1.29 is 4.79 Å². The average molecular weight is 390 g/mol. The van der Waals surface area contributed by atoms with Gasteiger partial charge in [0.25, 0.3) is 11.5 Å². The Kier molecular flexibility index (Phi) is 5.69. The predicted molar refractivity (Wildman–Crippen MR) is 114 cm³/mol. The minimum Gasteiger partial charge on any atom is -0.349 e. The van der Waals surface area contributed by atoms with Crippen LogP contribution in [0.1, 0.15) is 55.8 Å². The summed E-state index contributed by atoms with van der Waals surface area (Å²) in [5.41, 5.74) is 2.84. The standard InChI is InChI=1S/C23H26N4O2/c1-2-15-27-21-19(9-6-14-24-21)26-20(23(27)29)16-10-12-17(13-11-16)22(28)25-18-7-4-3-5-8-18/h6,9-14,18H,2-5,7-8,15H2,1H3,(H,25,28). The number of carbonyl (C=O) groups is 1. The number of amides is 1. The first kappa shape index (κ1) is 19.3. The van der Waals surface area contributed by atoms with Crippen LogP contribution in [0.25, 0.3) is 22.4 Å². The molecule has 150 valence electrons. The highest BCUT2D eigenvalue weighted by molar-refractivity contribution is 5.94. The smallest absolute Gasteiger partial charge is 0.278 e. The van der Waals surface area contributed by atoms with E-state index in [4.69, 9.17) is 0 Å². The van der Waals surface area contributed by atoms with E-state index < -0.39 is 0 Å². The summed E-state index contributed by atoms with van der Waals surface area (Å²) in [6.45, 7) is 2.62. The van der Waals surface area contributed by atoms with Gasteiger partial charge in [0.05, 0.1) is 0 Å². The molecule has 1 N–H and O–H groups in total. The van der Waals surface area contributed by atoms with Gasteiger partial charge in [-0.05, 0) is 43.5 Å². The number of fused-ring (bicyclic) bond motifs is 1. The second kappa shape index (κ2) is 8.55. The number of aryl methyl sites for hydroxylation is 1. The zero-order valence-corrected chi connectivity index (χ0v) is 16.7. The van der Waals surface area contributed by atoms with Crippen molar-refractivity contribution in [2.45, 2.75) is 58.0 Å². The SMILES string of the molecule is CCCn1c(=O)c(-c2ccc(C(=O)NC3CCCCC3)cc2)nc2cccnc21. The van der Waals surface area contributed by atoms with E-state index in [-0.39, 0.29) is 17.5 Å². The van der Waals surface area contributed by atoms with E-state index in [0.29, 0.717) is 34.5 Å². The van der Waals surface area contributed by atoms with Crippen LogP contribution in [-0.2, 0) is 6.54 Å². The zero-order chi connectivity index (χ0) is 20.2. The van der Waals surface area contributed by atoms with Crippen LogP contribution in [0.2, 0.25) is 0 Å². The monoisotopic (exact) mass is 390 g/mol. The number of rotatable bonds is 5. The molecule has 0 unspecified atom stereocenters. The molecule has 0 saturated heterocycles. The molecule has 0 aliphatic heterocycles. The van der Waals surface area contributed by atoms with Gasteiger partial charge in [0.1, 0.15) is 11.2 Å². The van der Waals surface area contributed by atoms with E-state index in [9.17, 15) is 9.59 Å². The Labute approximate surface area is 170 Å². The maximum Gasteiger partial charge on any atom is 0.278 e. The van der Waals surface area contributed by atoms with Crippen LogP contribution in [0.5, 0.6) is 0 Å². The number of benzene rings is 1. The topological polar surface area (TPSA) is 76.9 Å². The van der Waals surface area contributed by atoms with E-state index >= 15 is 0 Å². The quantitative estimate of drug-likeness (QED) is 0.716. The summed E-state index contributed by atoms with van der Waals surface area (Å²) in [6, 6.07) is 11.1. The highest BCUT2D eigenvalue weighted by Gasteiger charge is 2.17. The largest absolute Gasteiger partial charge is 0.349 e. The Morgan fingerprint density at radius 3 is 2.62 bits per heavy atom. The van der Waals surface area contributed by atoms with Gasteiger partial charge in [-0.15, -0.1) is 0 Å². The van der Waals surface area contributed by atoms with Gasteiger partial charge in [-0.25, -0.2) is 9.97 Å². The molecule has 1 aromatic carbocycles. The Bertz CT molecular complexity index is 1070. The Morgan fingerprint density at radius 1 is 1.14 bits per heavy atom. The van der Waals surface area contributed by atoms with Crippen molar-refractivity contribution in [1.29, 1.82) is 0 Å². The fourth-order valence-corrected chi connectivity index (χ4v) is 3.99. The minimum atomic E-state index is -0.155. The molecule has 1 aliphatic carbocycles. The lowest BCUT2D eigenvalue weighted by atomic mass is 9.95. The number of hydrogen-bond acceptors (Lipinski definition) is 4. The molecule has 1 amide bonds. The summed E-state index contributed by atoms with van der Waals surface area (Å²) in [4.78, 5) is 34.5. The second-order valence-electron chi connectivity index (χ2n) is 7.65. The fraction of sp³-hybridized carbons (Fsp3) is 0.391. The lowest BCUT2D eigenvalue weighted by molar-refractivity contribution is 0.0927. The van der Waals surface area contributed by atoms with Gasteiger partial charge in [-0.1, -0.05) is 38.3 Å². The maximum atomic E-state index is 13.0. The van der Waals surface area contributed by atoms with Gasteiger partial charge in [0, 0.05) is 29.9 Å². The number of aromatic nitrogens is 3. The van der Waals surface area contributed by atoms with E-state index in [0.717, 1.165) is 19.3 Å². The third kappa shape index (κ3) is 4.06. The molecule has 3 aromatic rings. The lowest BCUT2D eigenvalue weighted by Crippen LogP contribution is -2.36. The Balaban J connectivity index is 1.63. The minimum absolute atomic E-state index is 0.0532. The van der Waals surface area contributed by atoms with Crippen LogP contribution < -0.4 is 10.9 Å². The molecule has 0 atom stereocenters. The molecule has 6 heteroatoms. The highest BCUT2D eigenvalue weighted by Crippen LogP contribution is 2.20. The Hall–Kier alpha value is -3.02. The van der Waals surface area contributed by atoms with Crippen molar-refractivity contribution in [2.24, 2.45) is 0 Å². The number of pyridine rings is 1.